The van der Waals surface area contributed by atoms with E-state index in [1.807, 2.05) is 12.4 Å². The third-order valence-corrected chi connectivity index (χ3v) is 4.86. The molecule has 1 aromatic rings. The van der Waals surface area contributed by atoms with Gasteiger partial charge in [0.1, 0.15) is 5.82 Å². The molecule has 1 unspecified atom stereocenters. The van der Waals surface area contributed by atoms with Crippen LogP contribution in [0.4, 0.5) is 0 Å². The first kappa shape index (κ1) is 15.5. The predicted molar refractivity (Wildman–Crippen MR) is 86.5 cm³/mol. The number of piperidine rings is 1. The van der Waals surface area contributed by atoms with Crippen LogP contribution >= 0.6 is 0 Å². The average molecular weight is 304 g/mol. The van der Waals surface area contributed by atoms with Crippen molar-refractivity contribution in [2.75, 3.05) is 19.6 Å². The molecule has 3 heterocycles. The van der Waals surface area contributed by atoms with Crippen LogP contribution in [0.3, 0.4) is 0 Å². The second-order valence-corrected chi connectivity index (χ2v) is 7.21. The van der Waals surface area contributed by atoms with E-state index in [9.17, 15) is 4.79 Å². The van der Waals surface area contributed by atoms with Gasteiger partial charge in [-0.05, 0) is 38.3 Å². The van der Waals surface area contributed by atoms with Gasteiger partial charge in [0.25, 0.3) is 0 Å². The van der Waals surface area contributed by atoms with Crippen LogP contribution in [0.2, 0.25) is 0 Å². The Morgan fingerprint density at radius 2 is 2.14 bits per heavy atom. The van der Waals surface area contributed by atoms with Crippen molar-refractivity contribution >= 4 is 5.91 Å². The van der Waals surface area contributed by atoms with Crippen LogP contribution in [0.15, 0.2) is 12.4 Å². The lowest BCUT2D eigenvalue weighted by atomic mass is 9.94. The van der Waals surface area contributed by atoms with Crippen molar-refractivity contribution in [1.29, 1.82) is 0 Å². The molecule has 1 fully saturated rings. The van der Waals surface area contributed by atoms with Crippen molar-refractivity contribution in [3.8, 4) is 0 Å². The minimum Gasteiger partial charge on any atom is -0.351 e. The van der Waals surface area contributed by atoms with Gasteiger partial charge in [0, 0.05) is 43.9 Å². The van der Waals surface area contributed by atoms with Gasteiger partial charge in [-0.2, -0.15) is 0 Å². The number of nitrogens with one attached hydrogen (secondary N) is 1. The molecule has 0 spiro atoms. The minimum absolute atomic E-state index is 0.201. The Hall–Kier alpha value is -1.36. The number of rotatable bonds is 4. The van der Waals surface area contributed by atoms with Crippen molar-refractivity contribution in [2.45, 2.75) is 52.1 Å². The van der Waals surface area contributed by atoms with Crippen LogP contribution in [0.1, 0.15) is 38.9 Å². The molecule has 0 radical (unpaired) electrons. The molecule has 2 aliphatic rings. The van der Waals surface area contributed by atoms with Gasteiger partial charge in [0.05, 0.1) is 0 Å². The molecule has 0 aliphatic carbocycles. The summed E-state index contributed by atoms with van der Waals surface area (Å²) in [5.41, 5.74) is 0. The van der Waals surface area contributed by atoms with Gasteiger partial charge in [-0.3, -0.25) is 4.79 Å². The number of carbonyl (C=O) groups excluding carboxylic acids is 1. The molecule has 2 aliphatic heterocycles. The largest absolute Gasteiger partial charge is 0.351 e. The highest BCUT2D eigenvalue weighted by molar-refractivity contribution is 5.79. The van der Waals surface area contributed by atoms with Gasteiger partial charge in [-0.25, -0.2) is 4.98 Å². The molecule has 0 saturated carbocycles. The van der Waals surface area contributed by atoms with Crippen LogP contribution < -0.4 is 5.32 Å². The van der Waals surface area contributed by atoms with Crippen molar-refractivity contribution in [2.24, 2.45) is 11.8 Å². The zero-order chi connectivity index (χ0) is 15.5. The molecule has 122 valence electrons. The Balaban J connectivity index is 1.45. The predicted octanol–water partition coefficient (Wildman–Crippen LogP) is 1.68. The van der Waals surface area contributed by atoms with E-state index >= 15 is 0 Å². The molecular weight excluding hydrogens is 276 g/mol. The normalized spacial score (nSPS) is 23.5. The van der Waals surface area contributed by atoms with Crippen molar-refractivity contribution in [1.82, 2.24) is 19.8 Å². The fourth-order valence-electron chi connectivity index (χ4n) is 3.70. The van der Waals surface area contributed by atoms with E-state index in [0.717, 1.165) is 57.7 Å². The van der Waals surface area contributed by atoms with Crippen molar-refractivity contribution in [3.63, 3.8) is 0 Å². The molecular formula is C17H28N4O. The molecule has 3 rings (SSSR count). The van der Waals surface area contributed by atoms with Gasteiger partial charge in [-0.15, -0.1) is 0 Å². The fraction of sp³-hybridized carbons (Fsp3) is 0.765. The summed E-state index contributed by atoms with van der Waals surface area (Å²) < 4.78 is 2.17. The highest BCUT2D eigenvalue weighted by Crippen LogP contribution is 2.20. The maximum Gasteiger partial charge on any atom is 0.223 e. The van der Waals surface area contributed by atoms with E-state index in [1.165, 1.54) is 0 Å². The molecule has 1 aromatic heterocycles. The van der Waals surface area contributed by atoms with Crippen LogP contribution in [-0.2, 0) is 17.8 Å². The molecule has 22 heavy (non-hydrogen) atoms. The standard InChI is InChI=1S/C17H28N4O/c1-13(2)11-20-8-5-14(6-9-20)17(22)19-15-3-4-16-18-7-10-21(16)12-15/h7,10,13-15H,3-6,8-9,11-12H2,1-2H3,(H,19,22). The molecule has 0 bridgehead atoms. The monoisotopic (exact) mass is 304 g/mol. The third-order valence-electron chi connectivity index (χ3n) is 4.86. The van der Waals surface area contributed by atoms with E-state index in [4.69, 9.17) is 0 Å². The highest BCUT2D eigenvalue weighted by Gasteiger charge is 2.28. The number of hydrogen-bond donors (Lipinski definition) is 1. The number of aryl methyl sites for hydroxylation is 1. The number of fused-ring (bicyclic) bond motifs is 1. The number of aromatic nitrogens is 2. The SMILES string of the molecule is CC(C)CN1CCC(C(=O)NC2CCc3nccn3C2)CC1. The van der Waals surface area contributed by atoms with E-state index in [-0.39, 0.29) is 17.9 Å². The van der Waals surface area contributed by atoms with Crippen LogP contribution in [0.5, 0.6) is 0 Å². The Bertz CT molecular complexity index is 503. The maximum absolute atomic E-state index is 12.5. The van der Waals surface area contributed by atoms with Crippen LogP contribution in [0, 0.1) is 11.8 Å². The Kier molecular flexibility index (Phi) is 4.81. The summed E-state index contributed by atoms with van der Waals surface area (Å²) in [5.74, 6) is 2.31. The zero-order valence-electron chi connectivity index (χ0n) is 13.8. The summed E-state index contributed by atoms with van der Waals surface area (Å²) in [6.45, 7) is 8.66. The lowest BCUT2D eigenvalue weighted by Crippen LogP contribution is -2.46. The minimum atomic E-state index is 0.201. The zero-order valence-corrected chi connectivity index (χ0v) is 13.8. The number of carbonyl (C=O) groups is 1. The van der Waals surface area contributed by atoms with Gasteiger partial charge in [0.15, 0.2) is 0 Å². The number of amides is 1. The van der Waals surface area contributed by atoms with E-state index in [2.05, 4.69) is 33.6 Å². The van der Waals surface area contributed by atoms with Gasteiger partial charge in [-0.1, -0.05) is 13.8 Å². The summed E-state index contributed by atoms with van der Waals surface area (Å²) in [5, 5.41) is 3.27. The first-order valence-electron chi connectivity index (χ1n) is 8.64. The second-order valence-electron chi connectivity index (χ2n) is 7.21. The molecule has 1 amide bonds. The van der Waals surface area contributed by atoms with E-state index in [0.29, 0.717) is 5.92 Å². The second kappa shape index (κ2) is 6.82. The highest BCUT2D eigenvalue weighted by atomic mass is 16.2. The summed E-state index contributed by atoms with van der Waals surface area (Å²) in [6.07, 6.45) is 7.84. The quantitative estimate of drug-likeness (QED) is 0.921. The number of nitrogens with zero attached hydrogens (tertiary/aromatic N) is 3. The third kappa shape index (κ3) is 3.69. The average Bonchev–Trinajstić information content (AvgIpc) is 2.95. The van der Waals surface area contributed by atoms with E-state index < -0.39 is 0 Å². The maximum atomic E-state index is 12.5. The Morgan fingerprint density at radius 3 is 2.86 bits per heavy atom. The topological polar surface area (TPSA) is 50.2 Å². The smallest absolute Gasteiger partial charge is 0.223 e. The summed E-state index contributed by atoms with van der Waals surface area (Å²) >= 11 is 0. The molecule has 1 atom stereocenters. The first-order valence-corrected chi connectivity index (χ1v) is 8.64. The molecule has 5 heteroatoms. The molecule has 1 N–H and O–H groups in total. The summed E-state index contributed by atoms with van der Waals surface area (Å²) in [6, 6.07) is 0.267. The van der Waals surface area contributed by atoms with Gasteiger partial charge >= 0.3 is 0 Å². The number of likely N-dealkylation sites (tertiary alicyclic amines) is 1. The van der Waals surface area contributed by atoms with E-state index in [1.54, 1.807) is 0 Å². The lowest BCUT2D eigenvalue weighted by Gasteiger charge is -2.33. The van der Waals surface area contributed by atoms with Crippen molar-refractivity contribution < 1.29 is 4.79 Å². The molecule has 0 aromatic carbocycles. The van der Waals surface area contributed by atoms with Gasteiger partial charge < -0.3 is 14.8 Å². The van der Waals surface area contributed by atoms with Gasteiger partial charge in [0.2, 0.25) is 5.91 Å². The molecule has 5 nitrogen and oxygen atoms in total. The summed E-state index contributed by atoms with van der Waals surface area (Å²) in [4.78, 5) is 19.3. The molecule has 1 saturated heterocycles. The summed E-state index contributed by atoms with van der Waals surface area (Å²) in [7, 11) is 0. The van der Waals surface area contributed by atoms with Crippen LogP contribution in [-0.4, -0.2) is 46.0 Å². The van der Waals surface area contributed by atoms with Crippen molar-refractivity contribution in [3.05, 3.63) is 18.2 Å². The lowest BCUT2D eigenvalue weighted by molar-refractivity contribution is -0.127. The first-order chi connectivity index (χ1) is 10.6. The number of imidazole rings is 1. The number of hydrogen-bond acceptors (Lipinski definition) is 3. The van der Waals surface area contributed by atoms with Crippen LogP contribution in [0.25, 0.3) is 0 Å². The Morgan fingerprint density at radius 1 is 1.36 bits per heavy atom. The Labute approximate surface area is 133 Å². The fourth-order valence-corrected chi connectivity index (χ4v) is 3.70.